The van der Waals surface area contributed by atoms with E-state index in [0.29, 0.717) is 10.2 Å². The second-order valence-corrected chi connectivity index (χ2v) is 2.95. The minimum absolute atomic E-state index is 0.613. The SMILES string of the molecule is Clc1ccc(Cl)n2cncc12. The van der Waals surface area contributed by atoms with Gasteiger partial charge in [-0.1, -0.05) is 23.2 Å². The van der Waals surface area contributed by atoms with Crippen molar-refractivity contribution in [1.82, 2.24) is 9.38 Å². The van der Waals surface area contributed by atoms with E-state index in [1.165, 1.54) is 0 Å². The summed E-state index contributed by atoms with van der Waals surface area (Å²) < 4.78 is 1.73. The van der Waals surface area contributed by atoms with Gasteiger partial charge in [-0.05, 0) is 12.1 Å². The third kappa shape index (κ3) is 0.988. The van der Waals surface area contributed by atoms with Crippen LogP contribution in [0.2, 0.25) is 10.2 Å². The summed E-state index contributed by atoms with van der Waals surface area (Å²) in [4.78, 5) is 3.92. The number of hydrogen-bond acceptors (Lipinski definition) is 1. The molecule has 0 aromatic carbocycles. The van der Waals surface area contributed by atoms with E-state index in [1.54, 1.807) is 29.1 Å². The van der Waals surface area contributed by atoms with E-state index in [0.717, 1.165) is 5.52 Å². The van der Waals surface area contributed by atoms with Crippen LogP contribution >= 0.6 is 23.2 Å². The molecule has 56 valence electrons. The van der Waals surface area contributed by atoms with Crippen molar-refractivity contribution in [2.75, 3.05) is 0 Å². The summed E-state index contributed by atoms with van der Waals surface area (Å²) in [5, 5.41) is 1.27. The summed E-state index contributed by atoms with van der Waals surface area (Å²) in [5.74, 6) is 0. The van der Waals surface area contributed by atoms with Gasteiger partial charge in [0.15, 0.2) is 0 Å². The van der Waals surface area contributed by atoms with Crippen LogP contribution in [0.4, 0.5) is 0 Å². The van der Waals surface area contributed by atoms with Crippen molar-refractivity contribution in [1.29, 1.82) is 0 Å². The van der Waals surface area contributed by atoms with Crippen molar-refractivity contribution < 1.29 is 0 Å². The van der Waals surface area contributed by atoms with Crippen molar-refractivity contribution in [2.45, 2.75) is 0 Å². The average molecular weight is 187 g/mol. The van der Waals surface area contributed by atoms with Crippen LogP contribution in [0.25, 0.3) is 5.52 Å². The number of imidazole rings is 1. The molecule has 0 aliphatic rings. The molecule has 0 unspecified atom stereocenters. The third-order valence-electron chi connectivity index (χ3n) is 1.48. The van der Waals surface area contributed by atoms with Crippen LogP contribution in [0.3, 0.4) is 0 Å². The Morgan fingerprint density at radius 1 is 1.27 bits per heavy atom. The molecular weight excluding hydrogens is 183 g/mol. The molecule has 0 amide bonds. The first-order valence-electron chi connectivity index (χ1n) is 3.05. The molecule has 4 heteroatoms. The van der Waals surface area contributed by atoms with Gasteiger partial charge in [0, 0.05) is 0 Å². The summed E-state index contributed by atoms with van der Waals surface area (Å²) in [5.41, 5.74) is 0.833. The summed E-state index contributed by atoms with van der Waals surface area (Å²) in [7, 11) is 0. The molecule has 0 fully saturated rings. The Morgan fingerprint density at radius 2 is 2.09 bits per heavy atom. The van der Waals surface area contributed by atoms with Gasteiger partial charge in [0.05, 0.1) is 16.7 Å². The summed E-state index contributed by atoms with van der Waals surface area (Å²) in [6, 6.07) is 3.49. The molecule has 2 aromatic rings. The number of nitrogens with zero attached hydrogens (tertiary/aromatic N) is 2. The monoisotopic (exact) mass is 186 g/mol. The van der Waals surface area contributed by atoms with Crippen LogP contribution < -0.4 is 0 Å². The highest BCUT2D eigenvalue weighted by atomic mass is 35.5. The van der Waals surface area contributed by atoms with Crippen molar-refractivity contribution in [2.24, 2.45) is 0 Å². The van der Waals surface area contributed by atoms with E-state index in [9.17, 15) is 0 Å². The lowest BCUT2D eigenvalue weighted by molar-refractivity contribution is 1.15. The summed E-state index contributed by atoms with van der Waals surface area (Å²) in [6.45, 7) is 0. The maximum Gasteiger partial charge on any atom is 0.114 e. The van der Waals surface area contributed by atoms with Crippen LogP contribution in [0.15, 0.2) is 24.7 Å². The fourth-order valence-electron chi connectivity index (χ4n) is 0.950. The van der Waals surface area contributed by atoms with Crippen molar-refractivity contribution in [3.8, 4) is 0 Å². The number of hydrogen-bond donors (Lipinski definition) is 0. The molecule has 0 bridgehead atoms. The Hall–Kier alpha value is -0.730. The van der Waals surface area contributed by atoms with E-state index in [2.05, 4.69) is 4.98 Å². The van der Waals surface area contributed by atoms with E-state index in [-0.39, 0.29) is 0 Å². The van der Waals surface area contributed by atoms with Crippen molar-refractivity contribution >= 4 is 28.7 Å². The number of halogens is 2. The molecule has 2 nitrogen and oxygen atoms in total. The Bertz CT molecular complexity index is 358. The highest BCUT2D eigenvalue weighted by Crippen LogP contribution is 2.20. The lowest BCUT2D eigenvalue weighted by atomic mass is 10.4. The molecule has 2 rings (SSSR count). The Labute approximate surface area is 73.4 Å². The van der Waals surface area contributed by atoms with Crippen LogP contribution in [-0.4, -0.2) is 9.38 Å². The Kier molecular flexibility index (Phi) is 1.51. The van der Waals surface area contributed by atoms with Gasteiger partial charge in [0.25, 0.3) is 0 Å². The Balaban J connectivity index is 2.96. The van der Waals surface area contributed by atoms with Crippen LogP contribution in [0.1, 0.15) is 0 Å². The zero-order chi connectivity index (χ0) is 7.84. The van der Waals surface area contributed by atoms with Crippen molar-refractivity contribution in [3.05, 3.63) is 34.8 Å². The molecule has 0 aliphatic carbocycles. The molecule has 0 saturated heterocycles. The van der Waals surface area contributed by atoms with E-state index in [1.807, 2.05) is 0 Å². The number of rotatable bonds is 0. The molecule has 0 saturated carbocycles. The zero-order valence-electron chi connectivity index (χ0n) is 5.46. The van der Waals surface area contributed by atoms with E-state index in [4.69, 9.17) is 23.2 Å². The first-order chi connectivity index (χ1) is 5.29. The highest BCUT2D eigenvalue weighted by Gasteiger charge is 2.00. The normalized spacial score (nSPS) is 10.7. The van der Waals surface area contributed by atoms with Crippen LogP contribution in [0.5, 0.6) is 0 Å². The summed E-state index contributed by atoms with van der Waals surface area (Å²) in [6.07, 6.45) is 3.30. The minimum atomic E-state index is 0.613. The Morgan fingerprint density at radius 3 is 2.82 bits per heavy atom. The van der Waals surface area contributed by atoms with Gasteiger partial charge in [0.1, 0.15) is 11.5 Å². The molecule has 11 heavy (non-hydrogen) atoms. The fourth-order valence-corrected chi connectivity index (χ4v) is 1.35. The van der Waals surface area contributed by atoms with Crippen molar-refractivity contribution in [3.63, 3.8) is 0 Å². The van der Waals surface area contributed by atoms with Gasteiger partial charge >= 0.3 is 0 Å². The van der Waals surface area contributed by atoms with E-state index >= 15 is 0 Å². The second-order valence-electron chi connectivity index (χ2n) is 2.15. The lowest BCUT2D eigenvalue weighted by Gasteiger charge is -1.97. The molecule has 2 heterocycles. The topological polar surface area (TPSA) is 17.3 Å². The third-order valence-corrected chi connectivity index (χ3v) is 2.11. The van der Waals surface area contributed by atoms with Gasteiger partial charge in [-0.2, -0.15) is 0 Å². The molecule has 2 aromatic heterocycles. The quantitative estimate of drug-likeness (QED) is 0.579. The molecule has 0 atom stereocenters. The lowest BCUT2D eigenvalue weighted by Crippen LogP contribution is -1.83. The standard InChI is InChI=1S/C7H4Cl2N2/c8-5-1-2-7(9)11-4-10-3-6(5)11/h1-4H. The predicted molar refractivity (Wildman–Crippen MR) is 45.2 cm³/mol. The summed E-state index contributed by atoms with van der Waals surface area (Å²) >= 11 is 11.7. The minimum Gasteiger partial charge on any atom is -0.288 e. The fraction of sp³-hybridized carbons (Fsp3) is 0. The second kappa shape index (κ2) is 2.40. The van der Waals surface area contributed by atoms with Gasteiger partial charge in [0.2, 0.25) is 0 Å². The largest absolute Gasteiger partial charge is 0.288 e. The van der Waals surface area contributed by atoms with Gasteiger partial charge < -0.3 is 0 Å². The predicted octanol–water partition coefficient (Wildman–Crippen LogP) is 2.64. The molecule has 0 spiro atoms. The number of fused-ring (bicyclic) bond motifs is 1. The average Bonchev–Trinajstić information content (AvgIpc) is 2.45. The smallest absolute Gasteiger partial charge is 0.114 e. The number of aromatic nitrogens is 2. The maximum absolute atomic E-state index is 5.85. The molecule has 0 N–H and O–H groups in total. The van der Waals surface area contributed by atoms with Gasteiger partial charge in [-0.15, -0.1) is 0 Å². The molecular formula is C7H4Cl2N2. The van der Waals surface area contributed by atoms with Gasteiger partial charge in [-0.25, -0.2) is 4.98 Å². The number of pyridine rings is 1. The van der Waals surface area contributed by atoms with Gasteiger partial charge in [-0.3, -0.25) is 4.40 Å². The van der Waals surface area contributed by atoms with Crippen LogP contribution in [-0.2, 0) is 0 Å². The molecule has 0 radical (unpaired) electrons. The van der Waals surface area contributed by atoms with E-state index < -0.39 is 0 Å². The van der Waals surface area contributed by atoms with Crippen LogP contribution in [0, 0.1) is 0 Å². The zero-order valence-corrected chi connectivity index (χ0v) is 6.97. The highest BCUT2D eigenvalue weighted by molar-refractivity contribution is 6.35. The first kappa shape index (κ1) is 6.95. The maximum atomic E-state index is 5.85. The molecule has 0 aliphatic heterocycles. The first-order valence-corrected chi connectivity index (χ1v) is 3.81.